The molecule has 0 aromatic rings. The Morgan fingerprint density at radius 1 is 0.750 bits per heavy atom. The van der Waals surface area contributed by atoms with Gasteiger partial charge in [0.25, 0.3) is 0 Å². The second-order valence-electron chi connectivity index (χ2n) is 11.2. The molecule has 0 heteroatoms. The highest BCUT2D eigenvalue weighted by Gasteiger charge is 2.33. The molecule has 1 rings (SSSR count). The molecule has 0 nitrogen and oxygen atoms in total. The highest BCUT2D eigenvalue weighted by molar-refractivity contribution is 5.27. The fourth-order valence-electron chi connectivity index (χ4n) is 4.93. The van der Waals surface area contributed by atoms with Crippen LogP contribution in [0, 0.1) is 23.7 Å². The van der Waals surface area contributed by atoms with E-state index in [4.69, 9.17) is 0 Å². The quantitative estimate of drug-likeness (QED) is 0.262. The normalized spacial score (nSPS) is 24.1. The second kappa shape index (κ2) is 14.6. The summed E-state index contributed by atoms with van der Waals surface area (Å²) in [6.07, 6.45) is 22.2. The Labute approximate surface area is 201 Å². The van der Waals surface area contributed by atoms with Gasteiger partial charge >= 0.3 is 0 Å². The van der Waals surface area contributed by atoms with Gasteiger partial charge in [0.2, 0.25) is 0 Å². The molecule has 4 atom stereocenters. The number of hydrogen-bond donors (Lipinski definition) is 0. The van der Waals surface area contributed by atoms with Gasteiger partial charge in [-0.2, -0.15) is 0 Å². The monoisotopic (exact) mass is 436 g/mol. The van der Waals surface area contributed by atoms with Crippen LogP contribution in [0.5, 0.6) is 0 Å². The summed E-state index contributed by atoms with van der Waals surface area (Å²) in [6, 6.07) is 0. The Kier molecular flexibility index (Phi) is 13.0. The fourth-order valence-corrected chi connectivity index (χ4v) is 4.93. The van der Waals surface area contributed by atoms with Gasteiger partial charge in [0, 0.05) is 0 Å². The Morgan fingerprint density at radius 2 is 1.34 bits per heavy atom. The Bertz CT molecular complexity index is 746. The Hall–Kier alpha value is -1.56. The lowest BCUT2D eigenvalue weighted by atomic mass is 9.67. The first-order valence-electron chi connectivity index (χ1n) is 13.0. The molecular weight excluding hydrogens is 384 g/mol. The molecule has 0 heterocycles. The van der Waals surface area contributed by atoms with Crippen molar-refractivity contribution in [3.05, 3.63) is 69.9 Å². The first-order valence-corrected chi connectivity index (χ1v) is 13.0. The van der Waals surface area contributed by atoms with Crippen molar-refractivity contribution in [2.75, 3.05) is 0 Å². The smallest absolute Gasteiger partial charge is 0.0102 e. The van der Waals surface area contributed by atoms with Crippen LogP contribution in [0.15, 0.2) is 69.9 Å². The SMILES string of the molecule is CC(C)=C/C=C1/C(CC=C(C)C)C(C)CCCCC1C(CC=C(C)C)/C(C)=C/C=C(C)C. The van der Waals surface area contributed by atoms with E-state index in [0.717, 1.165) is 12.3 Å². The summed E-state index contributed by atoms with van der Waals surface area (Å²) < 4.78 is 0. The molecule has 0 amide bonds. The first-order chi connectivity index (χ1) is 15.0. The molecule has 1 aliphatic carbocycles. The van der Waals surface area contributed by atoms with Gasteiger partial charge in [0.05, 0.1) is 0 Å². The van der Waals surface area contributed by atoms with Crippen molar-refractivity contribution >= 4 is 0 Å². The van der Waals surface area contributed by atoms with E-state index in [-0.39, 0.29) is 0 Å². The Morgan fingerprint density at radius 3 is 1.91 bits per heavy atom. The molecule has 0 aromatic heterocycles. The average Bonchev–Trinajstić information content (AvgIpc) is 2.68. The maximum Gasteiger partial charge on any atom is -0.0102 e. The molecule has 0 saturated heterocycles. The summed E-state index contributed by atoms with van der Waals surface area (Å²) in [6.45, 7) is 22.7. The molecule has 0 spiro atoms. The van der Waals surface area contributed by atoms with Crippen molar-refractivity contribution in [2.45, 2.75) is 108 Å². The highest BCUT2D eigenvalue weighted by atomic mass is 14.4. The molecule has 0 radical (unpaired) electrons. The van der Waals surface area contributed by atoms with Gasteiger partial charge in [-0.05, 0) is 105 Å². The largest absolute Gasteiger partial charge is 0.0853 e. The summed E-state index contributed by atoms with van der Waals surface area (Å²) in [5, 5.41) is 0. The molecule has 1 saturated carbocycles. The van der Waals surface area contributed by atoms with E-state index in [1.807, 2.05) is 0 Å². The predicted octanol–water partition coefficient (Wildman–Crippen LogP) is 10.6. The van der Waals surface area contributed by atoms with Crippen molar-refractivity contribution in [3.63, 3.8) is 0 Å². The number of hydrogen-bond acceptors (Lipinski definition) is 0. The third-order valence-electron chi connectivity index (χ3n) is 6.89. The maximum absolute atomic E-state index is 2.52. The maximum atomic E-state index is 2.52. The van der Waals surface area contributed by atoms with Gasteiger partial charge in [-0.1, -0.05) is 96.1 Å². The van der Waals surface area contributed by atoms with Crippen LogP contribution >= 0.6 is 0 Å². The van der Waals surface area contributed by atoms with Gasteiger partial charge in [0.15, 0.2) is 0 Å². The van der Waals surface area contributed by atoms with Gasteiger partial charge in [-0.15, -0.1) is 0 Å². The predicted molar refractivity (Wildman–Crippen MR) is 147 cm³/mol. The van der Waals surface area contributed by atoms with Crippen molar-refractivity contribution in [3.8, 4) is 0 Å². The van der Waals surface area contributed by atoms with Crippen LogP contribution < -0.4 is 0 Å². The van der Waals surface area contributed by atoms with Crippen molar-refractivity contribution in [1.82, 2.24) is 0 Å². The summed E-state index contributed by atoms with van der Waals surface area (Å²) in [5.74, 6) is 2.55. The summed E-state index contributed by atoms with van der Waals surface area (Å²) in [4.78, 5) is 0. The van der Waals surface area contributed by atoms with Gasteiger partial charge in [0.1, 0.15) is 0 Å². The van der Waals surface area contributed by atoms with Gasteiger partial charge < -0.3 is 0 Å². The molecule has 0 N–H and O–H groups in total. The minimum absolute atomic E-state index is 0.566. The zero-order valence-corrected chi connectivity index (χ0v) is 23.0. The molecule has 0 aromatic carbocycles. The van der Waals surface area contributed by atoms with Gasteiger partial charge in [-0.25, -0.2) is 0 Å². The van der Waals surface area contributed by atoms with Crippen molar-refractivity contribution < 1.29 is 0 Å². The summed E-state index contributed by atoms with van der Waals surface area (Å²) in [7, 11) is 0. The highest BCUT2D eigenvalue weighted by Crippen LogP contribution is 2.44. The van der Waals surface area contributed by atoms with E-state index in [1.54, 1.807) is 5.57 Å². The minimum Gasteiger partial charge on any atom is -0.0853 e. The van der Waals surface area contributed by atoms with Crippen LogP contribution in [-0.4, -0.2) is 0 Å². The van der Waals surface area contributed by atoms with Crippen molar-refractivity contribution in [1.29, 1.82) is 0 Å². The molecule has 180 valence electrons. The van der Waals surface area contributed by atoms with Crippen LogP contribution in [-0.2, 0) is 0 Å². The van der Waals surface area contributed by atoms with E-state index < -0.39 is 0 Å². The van der Waals surface area contributed by atoms with Gasteiger partial charge in [-0.3, -0.25) is 0 Å². The van der Waals surface area contributed by atoms with Crippen LogP contribution in [0.4, 0.5) is 0 Å². The third kappa shape index (κ3) is 10.4. The lowest BCUT2D eigenvalue weighted by Gasteiger charge is -2.38. The van der Waals surface area contributed by atoms with Crippen LogP contribution in [0.25, 0.3) is 0 Å². The fraction of sp³-hybridized carbons (Fsp3) is 0.625. The number of allylic oxidation sites excluding steroid dienone is 12. The molecule has 4 unspecified atom stereocenters. The molecule has 1 aliphatic rings. The number of rotatable bonds is 8. The summed E-state index contributed by atoms with van der Waals surface area (Å²) in [5.41, 5.74) is 8.88. The van der Waals surface area contributed by atoms with E-state index in [1.165, 1.54) is 60.0 Å². The molecular formula is C32H52. The molecule has 0 bridgehead atoms. The van der Waals surface area contributed by atoms with Crippen LogP contribution in [0.2, 0.25) is 0 Å². The van der Waals surface area contributed by atoms with Crippen LogP contribution in [0.1, 0.15) is 108 Å². The van der Waals surface area contributed by atoms with Crippen molar-refractivity contribution in [2.24, 2.45) is 23.7 Å². The lowest BCUT2D eigenvalue weighted by molar-refractivity contribution is 0.273. The third-order valence-corrected chi connectivity index (χ3v) is 6.89. The second-order valence-corrected chi connectivity index (χ2v) is 11.2. The van der Waals surface area contributed by atoms with E-state index >= 15 is 0 Å². The summed E-state index contributed by atoms with van der Waals surface area (Å²) >= 11 is 0. The average molecular weight is 437 g/mol. The topological polar surface area (TPSA) is 0 Å². The molecule has 0 aliphatic heterocycles. The van der Waals surface area contributed by atoms with Crippen LogP contribution in [0.3, 0.4) is 0 Å². The van der Waals surface area contributed by atoms with E-state index in [9.17, 15) is 0 Å². The zero-order chi connectivity index (χ0) is 24.3. The standard InChI is InChI=1S/C32H52/c1-23(2)15-19-28(10)30(21-17-25(5)6)31-14-12-11-13-27(9)29(20-16-24(3)4)32(31)22-18-26(7)8/h15-19,22,27,29-31H,11-14,20-21H2,1-10H3/b28-19+,32-22-. The molecule has 1 fully saturated rings. The molecule has 32 heavy (non-hydrogen) atoms. The zero-order valence-electron chi connectivity index (χ0n) is 23.0. The van der Waals surface area contributed by atoms with E-state index in [0.29, 0.717) is 17.8 Å². The Balaban J connectivity index is 3.62. The van der Waals surface area contributed by atoms with E-state index in [2.05, 4.69) is 106 Å². The lowest BCUT2D eigenvalue weighted by Crippen LogP contribution is -2.28. The minimum atomic E-state index is 0.566. The first kappa shape index (κ1) is 28.5.